The van der Waals surface area contributed by atoms with E-state index < -0.39 is 6.10 Å². The van der Waals surface area contributed by atoms with Crippen LogP contribution in [-0.4, -0.2) is 30.3 Å². The van der Waals surface area contributed by atoms with Gasteiger partial charge in [0.1, 0.15) is 0 Å². The standard InChI is InChI=1S/C14H24N2O2S/c1-10(2)7-12(17)9-16-14(18)15-8-11(3)13-5-4-6-19-13/h4-6,10-12,17H,7-9H2,1-3H3,(H2,15,16,18). The van der Waals surface area contributed by atoms with Crippen molar-refractivity contribution < 1.29 is 9.90 Å². The molecular formula is C14H24N2O2S. The summed E-state index contributed by atoms with van der Waals surface area (Å²) >= 11 is 1.70. The second-order valence-electron chi connectivity index (χ2n) is 5.29. The Morgan fingerprint density at radius 1 is 1.32 bits per heavy atom. The summed E-state index contributed by atoms with van der Waals surface area (Å²) in [5.41, 5.74) is 0. The van der Waals surface area contributed by atoms with E-state index in [4.69, 9.17) is 0 Å². The SMILES string of the molecule is CC(C)CC(O)CNC(=O)NCC(C)c1cccs1. The third-order valence-electron chi connectivity index (χ3n) is 2.84. The predicted molar refractivity (Wildman–Crippen MR) is 79.6 cm³/mol. The zero-order chi connectivity index (χ0) is 14.3. The van der Waals surface area contributed by atoms with E-state index in [1.807, 2.05) is 25.3 Å². The van der Waals surface area contributed by atoms with Gasteiger partial charge in [-0.25, -0.2) is 4.79 Å². The lowest BCUT2D eigenvalue weighted by atomic mass is 10.1. The summed E-state index contributed by atoms with van der Waals surface area (Å²) in [5.74, 6) is 0.741. The summed E-state index contributed by atoms with van der Waals surface area (Å²) in [6, 6.07) is 3.87. The lowest BCUT2D eigenvalue weighted by Crippen LogP contribution is -2.41. The smallest absolute Gasteiger partial charge is 0.314 e. The number of hydrogen-bond acceptors (Lipinski definition) is 3. The number of rotatable bonds is 7. The van der Waals surface area contributed by atoms with Crippen molar-refractivity contribution in [3.8, 4) is 0 Å². The minimum atomic E-state index is -0.472. The molecule has 1 aromatic rings. The van der Waals surface area contributed by atoms with Crippen molar-refractivity contribution in [3.05, 3.63) is 22.4 Å². The highest BCUT2D eigenvalue weighted by atomic mass is 32.1. The molecule has 0 aliphatic carbocycles. The van der Waals surface area contributed by atoms with E-state index in [1.54, 1.807) is 11.3 Å². The Hall–Kier alpha value is -1.07. The Bertz CT molecular complexity index is 366. The Kier molecular flexibility index (Phi) is 6.87. The Balaban J connectivity index is 2.17. The molecule has 1 heterocycles. The van der Waals surface area contributed by atoms with Gasteiger partial charge < -0.3 is 15.7 Å². The summed E-state index contributed by atoms with van der Waals surface area (Å²) in [6.07, 6.45) is 0.228. The third-order valence-corrected chi connectivity index (χ3v) is 3.94. The quantitative estimate of drug-likeness (QED) is 0.720. The summed E-state index contributed by atoms with van der Waals surface area (Å²) in [7, 11) is 0. The first kappa shape index (κ1) is 16.0. The lowest BCUT2D eigenvalue weighted by molar-refractivity contribution is 0.147. The molecule has 0 fully saturated rings. The van der Waals surface area contributed by atoms with Gasteiger partial charge in [0.2, 0.25) is 0 Å². The number of aliphatic hydroxyl groups excluding tert-OH is 1. The minimum Gasteiger partial charge on any atom is -0.391 e. The van der Waals surface area contributed by atoms with E-state index in [-0.39, 0.29) is 6.03 Å². The van der Waals surface area contributed by atoms with Crippen molar-refractivity contribution in [3.63, 3.8) is 0 Å². The summed E-state index contributed by atoms with van der Waals surface area (Å²) in [6.45, 7) is 7.09. The van der Waals surface area contributed by atoms with Crippen LogP contribution in [0.3, 0.4) is 0 Å². The maximum absolute atomic E-state index is 11.6. The van der Waals surface area contributed by atoms with Gasteiger partial charge in [0.15, 0.2) is 0 Å². The molecule has 1 aromatic heterocycles. The van der Waals surface area contributed by atoms with E-state index in [1.165, 1.54) is 4.88 Å². The van der Waals surface area contributed by atoms with Crippen molar-refractivity contribution >= 4 is 17.4 Å². The molecule has 3 N–H and O–H groups in total. The van der Waals surface area contributed by atoms with Crippen LogP contribution < -0.4 is 10.6 Å². The van der Waals surface area contributed by atoms with Crippen LogP contribution in [0.1, 0.15) is 38.0 Å². The monoisotopic (exact) mass is 284 g/mol. The second kappa shape index (κ2) is 8.17. The molecule has 0 aliphatic heterocycles. The first-order chi connectivity index (χ1) is 8.99. The topological polar surface area (TPSA) is 61.4 Å². The van der Waals surface area contributed by atoms with Gasteiger partial charge in [0.25, 0.3) is 0 Å². The molecule has 1 rings (SSSR count). The molecule has 19 heavy (non-hydrogen) atoms. The van der Waals surface area contributed by atoms with E-state index >= 15 is 0 Å². The fourth-order valence-corrected chi connectivity index (χ4v) is 2.61. The van der Waals surface area contributed by atoms with Crippen molar-refractivity contribution in [1.29, 1.82) is 0 Å². The number of hydrogen-bond donors (Lipinski definition) is 3. The van der Waals surface area contributed by atoms with Gasteiger partial charge in [-0.05, 0) is 23.8 Å². The van der Waals surface area contributed by atoms with Crippen molar-refractivity contribution in [2.75, 3.05) is 13.1 Å². The van der Waals surface area contributed by atoms with Crippen molar-refractivity contribution in [2.24, 2.45) is 5.92 Å². The highest BCUT2D eigenvalue weighted by molar-refractivity contribution is 7.10. The molecule has 0 aromatic carbocycles. The molecule has 2 atom stereocenters. The highest BCUT2D eigenvalue weighted by Crippen LogP contribution is 2.19. The summed E-state index contributed by atoms with van der Waals surface area (Å²) in [4.78, 5) is 12.8. The number of carbonyl (C=O) groups is 1. The molecule has 0 aliphatic rings. The molecule has 2 amide bonds. The molecule has 0 spiro atoms. The number of urea groups is 1. The van der Waals surface area contributed by atoms with E-state index in [9.17, 15) is 9.90 Å². The normalized spacial score (nSPS) is 14.2. The van der Waals surface area contributed by atoms with Crippen LogP contribution in [0.15, 0.2) is 17.5 Å². The zero-order valence-corrected chi connectivity index (χ0v) is 12.7. The van der Waals surface area contributed by atoms with Crippen LogP contribution in [0.5, 0.6) is 0 Å². The van der Waals surface area contributed by atoms with Gasteiger partial charge >= 0.3 is 6.03 Å². The van der Waals surface area contributed by atoms with Gasteiger partial charge in [-0.15, -0.1) is 11.3 Å². The first-order valence-corrected chi connectivity index (χ1v) is 7.60. The van der Waals surface area contributed by atoms with Crippen molar-refractivity contribution in [1.82, 2.24) is 10.6 Å². The first-order valence-electron chi connectivity index (χ1n) is 6.72. The zero-order valence-electron chi connectivity index (χ0n) is 11.8. The Morgan fingerprint density at radius 2 is 2.00 bits per heavy atom. The molecule has 0 saturated carbocycles. The summed E-state index contributed by atoms with van der Waals surface area (Å²) < 4.78 is 0. The minimum absolute atomic E-state index is 0.216. The molecule has 0 radical (unpaired) electrons. The van der Waals surface area contributed by atoms with Gasteiger partial charge in [-0.1, -0.05) is 26.8 Å². The fourth-order valence-electron chi connectivity index (χ4n) is 1.82. The van der Waals surface area contributed by atoms with Crippen LogP contribution in [0, 0.1) is 5.92 Å². The van der Waals surface area contributed by atoms with Gasteiger partial charge in [-0.2, -0.15) is 0 Å². The molecule has 0 bridgehead atoms. The third kappa shape index (κ3) is 6.59. The maximum atomic E-state index is 11.6. The number of aliphatic hydroxyl groups is 1. The van der Waals surface area contributed by atoms with Crippen molar-refractivity contribution in [2.45, 2.75) is 39.2 Å². The average molecular weight is 284 g/mol. The van der Waals surface area contributed by atoms with Gasteiger partial charge in [0, 0.05) is 23.9 Å². The number of nitrogens with one attached hydrogen (secondary N) is 2. The van der Waals surface area contributed by atoms with Crippen LogP contribution in [-0.2, 0) is 0 Å². The molecule has 0 saturated heterocycles. The van der Waals surface area contributed by atoms with Gasteiger partial charge in [-0.3, -0.25) is 0 Å². The van der Waals surface area contributed by atoms with Gasteiger partial charge in [0.05, 0.1) is 6.10 Å². The van der Waals surface area contributed by atoms with E-state index in [0.29, 0.717) is 31.3 Å². The number of amides is 2. The summed E-state index contributed by atoms with van der Waals surface area (Å²) in [5, 5.41) is 17.2. The van der Waals surface area contributed by atoms with Crippen LogP contribution in [0.4, 0.5) is 4.79 Å². The molecular weight excluding hydrogens is 260 g/mol. The number of carbonyl (C=O) groups excluding carboxylic acids is 1. The highest BCUT2D eigenvalue weighted by Gasteiger charge is 2.11. The van der Waals surface area contributed by atoms with E-state index in [0.717, 1.165) is 0 Å². The molecule has 5 heteroatoms. The average Bonchev–Trinajstić information content (AvgIpc) is 2.86. The molecule has 2 unspecified atom stereocenters. The lowest BCUT2D eigenvalue weighted by Gasteiger charge is -2.15. The van der Waals surface area contributed by atoms with Crippen LogP contribution in [0.2, 0.25) is 0 Å². The van der Waals surface area contributed by atoms with Crippen LogP contribution in [0.25, 0.3) is 0 Å². The Morgan fingerprint density at radius 3 is 2.58 bits per heavy atom. The molecule has 108 valence electrons. The molecule has 4 nitrogen and oxygen atoms in total. The fraction of sp³-hybridized carbons (Fsp3) is 0.643. The van der Waals surface area contributed by atoms with Crippen LogP contribution >= 0.6 is 11.3 Å². The number of thiophene rings is 1. The van der Waals surface area contributed by atoms with E-state index in [2.05, 4.69) is 23.6 Å². The Labute approximate surface area is 119 Å². The second-order valence-corrected chi connectivity index (χ2v) is 6.27. The maximum Gasteiger partial charge on any atom is 0.314 e. The largest absolute Gasteiger partial charge is 0.391 e. The predicted octanol–water partition coefficient (Wildman–Crippen LogP) is 2.56.